The van der Waals surface area contributed by atoms with Crippen LogP contribution in [0.5, 0.6) is 5.75 Å². The predicted molar refractivity (Wildman–Crippen MR) is 96.5 cm³/mol. The molecule has 132 valence electrons. The number of benzene rings is 1. The Morgan fingerprint density at radius 2 is 1.71 bits per heavy atom. The summed E-state index contributed by atoms with van der Waals surface area (Å²) >= 11 is 5.85. The van der Waals surface area contributed by atoms with E-state index in [0.29, 0.717) is 10.8 Å². The van der Waals surface area contributed by atoms with Crippen molar-refractivity contribution in [1.29, 1.82) is 0 Å². The fraction of sp³-hybridized carbons (Fsp3) is 0.632. The van der Waals surface area contributed by atoms with Crippen LogP contribution in [0.2, 0.25) is 5.02 Å². The van der Waals surface area contributed by atoms with Gasteiger partial charge in [0.05, 0.1) is 0 Å². The smallest absolute Gasteiger partial charge is 0.260 e. The summed E-state index contributed by atoms with van der Waals surface area (Å²) in [5, 5.41) is 0.668. The lowest BCUT2D eigenvalue weighted by molar-refractivity contribution is -0.135. The Morgan fingerprint density at radius 3 is 2.33 bits per heavy atom. The number of piperazine rings is 1. The third-order valence-electron chi connectivity index (χ3n) is 5.34. The quantitative estimate of drug-likeness (QED) is 0.833. The zero-order chi connectivity index (χ0) is 16.9. The predicted octanol–water partition coefficient (Wildman–Crippen LogP) is 3.44. The molecule has 0 N–H and O–H groups in total. The summed E-state index contributed by atoms with van der Waals surface area (Å²) < 4.78 is 5.57. The number of amides is 1. The third kappa shape index (κ3) is 4.64. The van der Waals surface area contributed by atoms with E-state index in [1.807, 2.05) is 4.90 Å². The molecular weight excluding hydrogens is 324 g/mol. The second kappa shape index (κ2) is 8.21. The molecular formula is C19H27ClN2O2. The molecule has 1 amide bonds. The van der Waals surface area contributed by atoms with Crippen LogP contribution in [0.15, 0.2) is 24.3 Å². The number of carbonyl (C=O) groups excluding carboxylic acids is 1. The molecule has 2 fully saturated rings. The van der Waals surface area contributed by atoms with Gasteiger partial charge in [0.15, 0.2) is 6.61 Å². The fourth-order valence-corrected chi connectivity index (χ4v) is 3.84. The second-order valence-corrected chi connectivity index (χ2v) is 7.51. The number of halogens is 1. The lowest BCUT2D eigenvalue weighted by atomic mass is 9.86. The van der Waals surface area contributed by atoms with E-state index >= 15 is 0 Å². The van der Waals surface area contributed by atoms with Gasteiger partial charge >= 0.3 is 0 Å². The Kier molecular flexibility index (Phi) is 6.01. The van der Waals surface area contributed by atoms with E-state index < -0.39 is 0 Å². The van der Waals surface area contributed by atoms with Crippen LogP contribution in [0, 0.1) is 5.92 Å². The van der Waals surface area contributed by atoms with Crippen LogP contribution in [0.25, 0.3) is 0 Å². The number of nitrogens with zero attached hydrogens (tertiary/aromatic N) is 2. The van der Waals surface area contributed by atoms with Gasteiger partial charge in [0.2, 0.25) is 0 Å². The lowest BCUT2D eigenvalue weighted by Crippen LogP contribution is -2.53. The van der Waals surface area contributed by atoms with Crippen molar-refractivity contribution in [2.45, 2.75) is 38.6 Å². The van der Waals surface area contributed by atoms with Crippen LogP contribution in [-0.4, -0.2) is 54.5 Å². The molecule has 24 heavy (non-hydrogen) atoms. The summed E-state index contributed by atoms with van der Waals surface area (Å²) in [6.07, 6.45) is 5.32. The molecule has 0 aromatic heterocycles. The highest BCUT2D eigenvalue weighted by Crippen LogP contribution is 2.27. The first kappa shape index (κ1) is 17.6. The minimum atomic E-state index is 0.0712. The largest absolute Gasteiger partial charge is 0.484 e. The van der Waals surface area contributed by atoms with Crippen LogP contribution in [0.1, 0.15) is 32.6 Å². The molecule has 1 heterocycles. The van der Waals surface area contributed by atoms with Gasteiger partial charge in [0, 0.05) is 37.2 Å². The fourth-order valence-electron chi connectivity index (χ4n) is 3.71. The van der Waals surface area contributed by atoms with Crippen LogP contribution >= 0.6 is 11.6 Å². The maximum absolute atomic E-state index is 12.3. The zero-order valence-electron chi connectivity index (χ0n) is 14.4. The second-order valence-electron chi connectivity index (χ2n) is 7.07. The number of hydrogen-bond donors (Lipinski definition) is 0. The van der Waals surface area contributed by atoms with Crippen molar-refractivity contribution in [3.05, 3.63) is 29.3 Å². The molecule has 1 aliphatic heterocycles. The molecule has 5 heteroatoms. The van der Waals surface area contributed by atoms with Crippen molar-refractivity contribution in [2.75, 3.05) is 32.8 Å². The highest BCUT2D eigenvalue weighted by atomic mass is 35.5. The van der Waals surface area contributed by atoms with E-state index in [4.69, 9.17) is 16.3 Å². The number of hydrogen-bond acceptors (Lipinski definition) is 3. The van der Waals surface area contributed by atoms with Gasteiger partial charge in [-0.05, 0) is 55.9 Å². The summed E-state index contributed by atoms with van der Waals surface area (Å²) in [7, 11) is 0. The molecule has 1 aliphatic carbocycles. The van der Waals surface area contributed by atoms with Crippen molar-refractivity contribution in [1.82, 2.24) is 9.80 Å². The first-order valence-corrected chi connectivity index (χ1v) is 9.40. The van der Waals surface area contributed by atoms with Crippen LogP contribution in [0.4, 0.5) is 0 Å². The van der Waals surface area contributed by atoms with Crippen LogP contribution in [0.3, 0.4) is 0 Å². The Balaban J connectivity index is 1.41. The Bertz CT molecular complexity index is 533. The SMILES string of the molecule is CC1CCC(N2CCN(C(=O)COc3ccc(Cl)cc3)CC2)CC1. The van der Waals surface area contributed by atoms with E-state index in [1.165, 1.54) is 25.7 Å². The van der Waals surface area contributed by atoms with Crippen molar-refractivity contribution < 1.29 is 9.53 Å². The summed E-state index contributed by atoms with van der Waals surface area (Å²) in [6.45, 7) is 6.07. The number of ether oxygens (including phenoxy) is 1. The van der Waals surface area contributed by atoms with E-state index in [1.54, 1.807) is 24.3 Å². The van der Waals surface area contributed by atoms with Crippen LogP contribution < -0.4 is 4.74 Å². The molecule has 0 bridgehead atoms. The average molecular weight is 351 g/mol. The highest BCUT2D eigenvalue weighted by molar-refractivity contribution is 6.30. The molecule has 0 radical (unpaired) electrons. The zero-order valence-corrected chi connectivity index (χ0v) is 15.2. The Hall–Kier alpha value is -1.26. The van der Waals surface area contributed by atoms with Crippen molar-refractivity contribution in [3.8, 4) is 5.75 Å². The summed E-state index contributed by atoms with van der Waals surface area (Å²) in [5.41, 5.74) is 0. The van der Waals surface area contributed by atoms with Crippen molar-refractivity contribution in [2.24, 2.45) is 5.92 Å². The molecule has 0 atom stereocenters. The first-order valence-electron chi connectivity index (χ1n) is 9.02. The Morgan fingerprint density at radius 1 is 1.08 bits per heavy atom. The molecule has 1 saturated carbocycles. The minimum Gasteiger partial charge on any atom is -0.484 e. The standard InChI is InChI=1S/C19H27ClN2O2/c1-15-2-6-17(7-3-15)21-10-12-22(13-11-21)19(23)14-24-18-8-4-16(20)5-9-18/h4-5,8-9,15,17H,2-3,6-7,10-14H2,1H3. The summed E-state index contributed by atoms with van der Waals surface area (Å²) in [6, 6.07) is 7.84. The van der Waals surface area contributed by atoms with Gasteiger partial charge in [-0.1, -0.05) is 18.5 Å². The maximum atomic E-state index is 12.3. The molecule has 4 nitrogen and oxygen atoms in total. The average Bonchev–Trinajstić information content (AvgIpc) is 2.62. The molecule has 2 aliphatic rings. The van der Waals surface area contributed by atoms with Gasteiger partial charge in [0.25, 0.3) is 5.91 Å². The van der Waals surface area contributed by atoms with Crippen molar-refractivity contribution >= 4 is 17.5 Å². The van der Waals surface area contributed by atoms with Gasteiger partial charge in [-0.15, -0.1) is 0 Å². The molecule has 1 aromatic rings. The van der Waals surface area contributed by atoms with Gasteiger partial charge < -0.3 is 9.64 Å². The van der Waals surface area contributed by atoms with E-state index in [0.717, 1.165) is 38.1 Å². The van der Waals surface area contributed by atoms with Gasteiger partial charge in [0.1, 0.15) is 5.75 Å². The Labute approximate surface area is 149 Å². The molecule has 0 spiro atoms. The minimum absolute atomic E-state index is 0.0712. The summed E-state index contributed by atoms with van der Waals surface area (Å²) in [5.74, 6) is 1.64. The van der Waals surface area contributed by atoms with E-state index in [2.05, 4.69) is 11.8 Å². The van der Waals surface area contributed by atoms with E-state index in [-0.39, 0.29) is 12.5 Å². The topological polar surface area (TPSA) is 32.8 Å². The molecule has 1 saturated heterocycles. The molecule has 3 rings (SSSR count). The molecule has 1 aromatic carbocycles. The van der Waals surface area contributed by atoms with Gasteiger partial charge in [-0.3, -0.25) is 9.69 Å². The highest BCUT2D eigenvalue weighted by Gasteiger charge is 2.28. The van der Waals surface area contributed by atoms with Gasteiger partial charge in [-0.2, -0.15) is 0 Å². The summed E-state index contributed by atoms with van der Waals surface area (Å²) in [4.78, 5) is 16.8. The lowest BCUT2D eigenvalue weighted by Gasteiger charge is -2.41. The van der Waals surface area contributed by atoms with E-state index in [9.17, 15) is 4.79 Å². The van der Waals surface area contributed by atoms with Crippen LogP contribution in [-0.2, 0) is 4.79 Å². The third-order valence-corrected chi connectivity index (χ3v) is 5.60. The normalized spacial score (nSPS) is 25.5. The number of rotatable bonds is 4. The van der Waals surface area contributed by atoms with Gasteiger partial charge in [-0.25, -0.2) is 0 Å². The number of carbonyl (C=O) groups is 1. The van der Waals surface area contributed by atoms with Crippen molar-refractivity contribution in [3.63, 3.8) is 0 Å². The monoisotopic (exact) mass is 350 g/mol. The first-order chi connectivity index (χ1) is 11.6. The molecule has 0 unspecified atom stereocenters. The maximum Gasteiger partial charge on any atom is 0.260 e.